The van der Waals surface area contributed by atoms with Gasteiger partial charge in [-0.1, -0.05) is 354 Å². The summed E-state index contributed by atoms with van der Waals surface area (Å²) in [6.45, 7) is 2.94. The Kier molecular flexibility index (Phi) is 56.4. The van der Waals surface area contributed by atoms with Crippen molar-refractivity contribution >= 4 is 5.91 Å². The molecule has 1 amide bonds. The van der Waals surface area contributed by atoms with Gasteiger partial charge in [0.15, 0.2) is 12.6 Å². The van der Waals surface area contributed by atoms with Gasteiger partial charge in [-0.05, 0) is 12.8 Å². The van der Waals surface area contributed by atoms with Crippen LogP contribution in [0.25, 0.3) is 0 Å². The van der Waals surface area contributed by atoms with E-state index in [0.29, 0.717) is 12.8 Å². The maximum atomic E-state index is 13.4. The van der Waals surface area contributed by atoms with Crippen molar-refractivity contribution in [2.24, 2.45) is 0 Å². The topological polar surface area (TPSA) is 228 Å². The number of amides is 1. The van der Waals surface area contributed by atoms with Crippen LogP contribution in [0.1, 0.15) is 373 Å². The molecule has 2 rings (SSSR count). The van der Waals surface area contributed by atoms with E-state index in [4.69, 9.17) is 18.9 Å². The van der Waals surface area contributed by atoms with Crippen molar-refractivity contribution in [3.05, 3.63) is 0 Å². The Morgan fingerprint density at radius 3 is 0.966 bits per heavy atom. The average Bonchev–Trinajstić information content (AvgIpc) is 2.91. The van der Waals surface area contributed by atoms with E-state index in [1.807, 2.05) is 0 Å². The fourth-order valence-electron chi connectivity index (χ4n) is 13.2. The van der Waals surface area contributed by atoms with Gasteiger partial charge in [-0.15, -0.1) is 0 Å². The van der Waals surface area contributed by atoms with Crippen LogP contribution < -0.4 is 5.32 Å². The molecule has 524 valence electrons. The van der Waals surface area contributed by atoms with E-state index in [1.165, 1.54) is 295 Å². The van der Waals surface area contributed by atoms with E-state index in [-0.39, 0.29) is 12.5 Å². The third-order valence-electron chi connectivity index (χ3n) is 19.3. The number of carbonyl (C=O) groups is 1. The van der Waals surface area contributed by atoms with Gasteiger partial charge in [0, 0.05) is 6.42 Å². The van der Waals surface area contributed by atoms with Crippen LogP contribution in [-0.2, 0) is 23.7 Å². The van der Waals surface area contributed by atoms with Gasteiger partial charge in [-0.2, -0.15) is 0 Å². The molecule has 9 N–H and O–H groups in total. The van der Waals surface area contributed by atoms with Gasteiger partial charge in [0.05, 0.1) is 32.0 Å². The minimum atomic E-state index is -1.78. The van der Waals surface area contributed by atoms with Crippen molar-refractivity contribution in [1.82, 2.24) is 5.32 Å². The third-order valence-corrected chi connectivity index (χ3v) is 19.3. The van der Waals surface area contributed by atoms with E-state index in [0.717, 1.165) is 51.4 Å². The van der Waals surface area contributed by atoms with Crippen molar-refractivity contribution < 1.29 is 64.6 Å². The van der Waals surface area contributed by atoms with Crippen LogP contribution in [0.2, 0.25) is 0 Å². The maximum absolute atomic E-state index is 13.4. The largest absolute Gasteiger partial charge is 0.394 e. The molecule has 0 aromatic heterocycles. The Hall–Kier alpha value is -1.01. The number of unbranched alkanes of at least 4 members (excludes halogenated alkanes) is 52. The van der Waals surface area contributed by atoms with Gasteiger partial charge in [0.2, 0.25) is 5.91 Å². The summed E-state index contributed by atoms with van der Waals surface area (Å²) < 4.78 is 23.0. The molecule has 12 unspecified atom stereocenters. The third kappa shape index (κ3) is 43.1. The lowest BCUT2D eigenvalue weighted by atomic mass is 9.97. The molecule has 2 aliphatic heterocycles. The molecule has 14 nitrogen and oxygen atoms in total. The number of rotatable bonds is 65. The van der Waals surface area contributed by atoms with Gasteiger partial charge < -0.3 is 65.1 Å². The first-order valence-corrected chi connectivity index (χ1v) is 38.3. The number of ether oxygens (including phenoxy) is 4. The SMILES string of the molecule is CCCCCCCCCCCCCCCCCCCCCCCCCCCCCCCCC(O)C(COC1OC(CO)C(OC2OC(CO)C(O)C(O)C2O)C(O)C1O)NC(=O)CCCCCCCCCCCCCCCCCCCCCCCCCC. The molecule has 2 fully saturated rings. The summed E-state index contributed by atoms with van der Waals surface area (Å²) in [5.41, 5.74) is 0. The quantitative estimate of drug-likeness (QED) is 0.0259. The molecular weight excluding hydrogens is 1110 g/mol. The molecule has 2 aliphatic rings. The number of hydrogen-bond donors (Lipinski definition) is 9. The lowest BCUT2D eigenvalue weighted by Crippen LogP contribution is -2.65. The molecule has 0 aromatic rings. The van der Waals surface area contributed by atoms with E-state index in [2.05, 4.69) is 19.2 Å². The first-order valence-electron chi connectivity index (χ1n) is 38.3. The summed E-state index contributed by atoms with van der Waals surface area (Å²) in [6, 6.07) is -0.825. The molecule has 88 heavy (non-hydrogen) atoms. The van der Waals surface area contributed by atoms with Crippen LogP contribution in [0.4, 0.5) is 0 Å². The molecule has 0 radical (unpaired) electrons. The average molecular weight is 1260 g/mol. The lowest BCUT2D eigenvalue weighted by Gasteiger charge is -2.46. The molecule has 0 aromatic carbocycles. The fourth-order valence-corrected chi connectivity index (χ4v) is 13.2. The van der Waals surface area contributed by atoms with E-state index >= 15 is 0 Å². The Labute approximate surface area is 540 Å². The molecule has 0 bridgehead atoms. The number of nitrogens with one attached hydrogen (secondary N) is 1. The van der Waals surface area contributed by atoms with Crippen molar-refractivity contribution in [2.45, 2.75) is 447 Å². The van der Waals surface area contributed by atoms with Gasteiger partial charge in [-0.25, -0.2) is 0 Å². The second-order valence-corrected chi connectivity index (χ2v) is 27.5. The van der Waals surface area contributed by atoms with Gasteiger partial charge >= 0.3 is 0 Å². The number of carbonyl (C=O) groups excluding carboxylic acids is 1. The lowest BCUT2D eigenvalue weighted by molar-refractivity contribution is -0.359. The molecule has 0 spiro atoms. The van der Waals surface area contributed by atoms with E-state index in [1.54, 1.807) is 0 Å². The monoisotopic (exact) mass is 1260 g/mol. The Morgan fingerprint density at radius 1 is 0.364 bits per heavy atom. The standard InChI is InChI=1S/C74H145NO13/c1-3-5-7-9-11-13-15-17-19-21-23-25-27-29-30-31-32-33-34-35-37-39-41-43-45-47-49-51-53-55-57-63(78)62(61-85-73-71(84)69(82)72(65(60-77)87-73)88-74-70(83)68(81)67(80)64(59-76)86-74)75-66(79)58-56-54-52-50-48-46-44-42-40-38-36-28-26-24-22-20-18-16-14-12-10-8-6-4-2/h62-65,67-74,76-78,80-84H,3-61H2,1-2H3,(H,75,79). The van der Waals surface area contributed by atoms with Crippen LogP contribution in [0.5, 0.6) is 0 Å². The zero-order chi connectivity index (χ0) is 63.8. The maximum Gasteiger partial charge on any atom is 0.220 e. The minimum absolute atomic E-state index is 0.196. The van der Waals surface area contributed by atoms with Crippen LogP contribution in [0.15, 0.2) is 0 Å². The Morgan fingerprint density at radius 2 is 0.648 bits per heavy atom. The molecular formula is C74H145NO13. The zero-order valence-corrected chi connectivity index (χ0v) is 57.3. The summed E-state index contributed by atoms with van der Waals surface area (Å²) in [4.78, 5) is 13.4. The van der Waals surface area contributed by atoms with Crippen molar-refractivity contribution in [1.29, 1.82) is 0 Å². The van der Waals surface area contributed by atoms with Crippen molar-refractivity contribution in [3.8, 4) is 0 Å². The Balaban J connectivity index is 1.62. The highest BCUT2D eigenvalue weighted by Crippen LogP contribution is 2.30. The summed E-state index contributed by atoms with van der Waals surface area (Å²) >= 11 is 0. The van der Waals surface area contributed by atoms with Crippen molar-refractivity contribution in [2.75, 3.05) is 19.8 Å². The molecule has 0 aliphatic carbocycles. The Bertz CT molecular complexity index is 1480. The molecule has 14 heteroatoms. The van der Waals surface area contributed by atoms with Gasteiger partial charge in [0.1, 0.15) is 48.8 Å². The smallest absolute Gasteiger partial charge is 0.220 e. The zero-order valence-electron chi connectivity index (χ0n) is 57.3. The van der Waals surface area contributed by atoms with Crippen LogP contribution in [-0.4, -0.2) is 140 Å². The predicted octanol–water partition coefficient (Wildman–Crippen LogP) is 16.4. The van der Waals surface area contributed by atoms with Crippen LogP contribution >= 0.6 is 0 Å². The number of aliphatic hydroxyl groups is 8. The first kappa shape index (κ1) is 83.1. The van der Waals surface area contributed by atoms with Crippen molar-refractivity contribution in [3.63, 3.8) is 0 Å². The van der Waals surface area contributed by atoms with Gasteiger partial charge in [0.25, 0.3) is 0 Å². The molecule has 0 saturated carbocycles. The summed E-state index contributed by atoms with van der Waals surface area (Å²) in [7, 11) is 0. The summed E-state index contributed by atoms with van der Waals surface area (Å²) in [6.07, 6.45) is 55.6. The molecule has 2 heterocycles. The summed E-state index contributed by atoms with van der Waals surface area (Å²) in [5.74, 6) is -0.196. The highest BCUT2D eigenvalue weighted by molar-refractivity contribution is 5.76. The molecule has 2 saturated heterocycles. The first-order chi connectivity index (χ1) is 43.1. The minimum Gasteiger partial charge on any atom is -0.394 e. The normalized spacial score (nSPS) is 23.0. The van der Waals surface area contributed by atoms with Crippen LogP contribution in [0, 0.1) is 0 Å². The summed E-state index contributed by atoms with van der Waals surface area (Å²) in [5, 5.41) is 87.8. The van der Waals surface area contributed by atoms with Gasteiger partial charge in [-0.3, -0.25) is 4.79 Å². The highest BCUT2D eigenvalue weighted by Gasteiger charge is 2.51. The van der Waals surface area contributed by atoms with E-state index in [9.17, 15) is 45.6 Å². The van der Waals surface area contributed by atoms with Crippen LogP contribution in [0.3, 0.4) is 0 Å². The second-order valence-electron chi connectivity index (χ2n) is 27.5. The number of aliphatic hydroxyl groups excluding tert-OH is 8. The second kappa shape index (κ2) is 59.7. The molecule has 12 atom stereocenters. The highest BCUT2D eigenvalue weighted by atomic mass is 16.7. The van der Waals surface area contributed by atoms with E-state index < -0.39 is 86.8 Å². The number of hydrogen-bond acceptors (Lipinski definition) is 13. The predicted molar refractivity (Wildman–Crippen MR) is 360 cm³/mol. The fraction of sp³-hybridized carbons (Fsp3) is 0.986.